The lowest BCUT2D eigenvalue weighted by Crippen LogP contribution is -2.25. The van der Waals surface area contributed by atoms with Gasteiger partial charge in [-0.2, -0.15) is 0 Å². The zero-order valence-electron chi connectivity index (χ0n) is 12.1. The molecule has 1 aromatic rings. The number of benzene rings is 1. The first-order chi connectivity index (χ1) is 8.86. The molecule has 0 aliphatic heterocycles. The summed E-state index contributed by atoms with van der Waals surface area (Å²) in [6.07, 6.45) is 2.16. The zero-order valence-corrected chi connectivity index (χ0v) is 12.9. The van der Waals surface area contributed by atoms with Crippen LogP contribution in [0.5, 0.6) is 0 Å². The number of sulfone groups is 1. The van der Waals surface area contributed by atoms with E-state index >= 15 is 0 Å². The van der Waals surface area contributed by atoms with Crippen molar-refractivity contribution < 1.29 is 8.42 Å². The minimum atomic E-state index is -3.17. The van der Waals surface area contributed by atoms with Crippen molar-refractivity contribution in [1.29, 1.82) is 0 Å². The average molecular weight is 283 g/mol. The van der Waals surface area contributed by atoms with Gasteiger partial charge in [-0.3, -0.25) is 0 Å². The summed E-state index contributed by atoms with van der Waals surface area (Å²) in [4.78, 5) is 0.455. The summed E-state index contributed by atoms with van der Waals surface area (Å²) >= 11 is 0. The van der Waals surface area contributed by atoms with Gasteiger partial charge < -0.3 is 5.73 Å². The third kappa shape index (κ3) is 4.96. The van der Waals surface area contributed by atoms with E-state index in [9.17, 15) is 8.42 Å². The molecule has 0 aliphatic rings. The van der Waals surface area contributed by atoms with E-state index in [4.69, 9.17) is 5.73 Å². The van der Waals surface area contributed by atoms with Crippen LogP contribution in [0, 0.1) is 5.92 Å². The highest BCUT2D eigenvalue weighted by Gasteiger charge is 2.18. The first-order valence-corrected chi connectivity index (χ1v) is 8.58. The minimum Gasteiger partial charge on any atom is -0.327 e. The van der Waals surface area contributed by atoms with Crippen LogP contribution in [0.15, 0.2) is 29.2 Å². The molecule has 4 heteroatoms. The second-order valence-electron chi connectivity index (χ2n) is 5.52. The van der Waals surface area contributed by atoms with Crippen LogP contribution in [0.3, 0.4) is 0 Å². The Balaban J connectivity index is 2.97. The lowest BCUT2D eigenvalue weighted by molar-refractivity contribution is 0.491. The van der Waals surface area contributed by atoms with Gasteiger partial charge in [0.15, 0.2) is 9.84 Å². The molecule has 0 saturated heterocycles. The predicted octanol–water partition coefficient (Wildman–Crippen LogP) is 2.79. The van der Waals surface area contributed by atoms with Crippen LogP contribution >= 0.6 is 0 Å². The van der Waals surface area contributed by atoms with Crippen molar-refractivity contribution in [2.24, 2.45) is 11.7 Å². The lowest BCUT2D eigenvalue weighted by atomic mass is 9.98. The Labute approximate surface area is 117 Å². The summed E-state index contributed by atoms with van der Waals surface area (Å²) < 4.78 is 24.4. The molecular weight excluding hydrogens is 258 g/mol. The van der Waals surface area contributed by atoms with E-state index in [1.807, 2.05) is 19.1 Å². The van der Waals surface area contributed by atoms with Crippen LogP contribution in [0.1, 0.15) is 39.2 Å². The quantitative estimate of drug-likeness (QED) is 0.837. The fourth-order valence-corrected chi connectivity index (χ4v) is 3.92. The van der Waals surface area contributed by atoms with E-state index in [1.165, 1.54) is 0 Å². The molecule has 0 saturated carbocycles. The summed E-state index contributed by atoms with van der Waals surface area (Å²) in [5.74, 6) is 0.720. The normalized spacial score (nSPS) is 13.7. The maximum atomic E-state index is 12.2. The highest BCUT2D eigenvalue weighted by molar-refractivity contribution is 7.91. The molecule has 108 valence electrons. The molecule has 0 spiro atoms. The third-order valence-electron chi connectivity index (χ3n) is 3.04. The Morgan fingerprint density at radius 2 is 1.84 bits per heavy atom. The molecular formula is C15H25NO2S. The molecule has 0 heterocycles. The van der Waals surface area contributed by atoms with Gasteiger partial charge >= 0.3 is 0 Å². The summed E-state index contributed by atoms with van der Waals surface area (Å²) in [7, 11) is -3.17. The molecule has 0 radical (unpaired) electrons. The third-order valence-corrected chi connectivity index (χ3v) is 5.05. The van der Waals surface area contributed by atoms with E-state index < -0.39 is 9.84 Å². The van der Waals surface area contributed by atoms with Gasteiger partial charge in [0.2, 0.25) is 0 Å². The smallest absolute Gasteiger partial charge is 0.178 e. The Hall–Kier alpha value is -0.870. The first-order valence-electron chi connectivity index (χ1n) is 6.93. The van der Waals surface area contributed by atoms with Crippen LogP contribution in [-0.2, 0) is 16.3 Å². The standard InChI is InChI=1S/C15H25NO2S/c1-4-9-19(17,18)15-8-6-5-7-13(15)11-14(16)10-12(2)3/h5-8,12,14H,4,9-11,16H2,1-3H3. The molecule has 0 fully saturated rings. The second kappa shape index (κ2) is 7.06. The molecule has 0 bridgehead atoms. The van der Waals surface area contributed by atoms with Crippen LogP contribution in [-0.4, -0.2) is 20.2 Å². The van der Waals surface area contributed by atoms with E-state index in [0.717, 1.165) is 12.0 Å². The molecule has 0 amide bonds. The van der Waals surface area contributed by atoms with E-state index in [2.05, 4.69) is 13.8 Å². The van der Waals surface area contributed by atoms with Gasteiger partial charge in [-0.25, -0.2) is 8.42 Å². The van der Waals surface area contributed by atoms with Crippen LogP contribution in [0.4, 0.5) is 0 Å². The molecule has 1 atom stereocenters. The van der Waals surface area contributed by atoms with Gasteiger partial charge in [0.25, 0.3) is 0 Å². The van der Waals surface area contributed by atoms with Crippen LogP contribution in [0.25, 0.3) is 0 Å². The first kappa shape index (κ1) is 16.2. The zero-order chi connectivity index (χ0) is 14.5. The summed E-state index contributed by atoms with van der Waals surface area (Å²) in [6.45, 7) is 6.13. The minimum absolute atomic E-state index is 0.0120. The van der Waals surface area contributed by atoms with Crippen molar-refractivity contribution in [3.8, 4) is 0 Å². The van der Waals surface area contributed by atoms with Crippen molar-refractivity contribution in [2.75, 3.05) is 5.75 Å². The van der Waals surface area contributed by atoms with Gasteiger partial charge in [-0.15, -0.1) is 0 Å². The lowest BCUT2D eigenvalue weighted by Gasteiger charge is -2.16. The Bertz CT molecular complexity index is 495. The molecule has 1 unspecified atom stereocenters. The Kier molecular flexibility index (Phi) is 6.01. The van der Waals surface area contributed by atoms with Crippen molar-refractivity contribution in [3.63, 3.8) is 0 Å². The Morgan fingerprint density at radius 3 is 2.42 bits per heavy atom. The molecule has 1 aromatic carbocycles. The molecule has 1 rings (SSSR count). The highest BCUT2D eigenvalue weighted by atomic mass is 32.2. The van der Waals surface area contributed by atoms with Gasteiger partial charge in [0.05, 0.1) is 10.6 Å². The number of hydrogen-bond donors (Lipinski definition) is 1. The summed E-state index contributed by atoms with van der Waals surface area (Å²) in [5, 5.41) is 0. The Morgan fingerprint density at radius 1 is 1.21 bits per heavy atom. The second-order valence-corrected chi connectivity index (χ2v) is 7.60. The monoisotopic (exact) mass is 283 g/mol. The average Bonchev–Trinajstić information content (AvgIpc) is 2.28. The van der Waals surface area contributed by atoms with Crippen molar-refractivity contribution in [3.05, 3.63) is 29.8 Å². The van der Waals surface area contributed by atoms with E-state index in [-0.39, 0.29) is 11.8 Å². The number of rotatable bonds is 7. The van der Waals surface area contributed by atoms with Crippen molar-refractivity contribution in [1.82, 2.24) is 0 Å². The van der Waals surface area contributed by atoms with Gasteiger partial charge in [0.1, 0.15) is 0 Å². The maximum absolute atomic E-state index is 12.2. The molecule has 0 aromatic heterocycles. The summed E-state index contributed by atoms with van der Waals surface area (Å²) in [6, 6.07) is 7.24. The largest absolute Gasteiger partial charge is 0.327 e. The topological polar surface area (TPSA) is 60.2 Å². The van der Waals surface area contributed by atoms with Gasteiger partial charge in [-0.05, 0) is 36.8 Å². The number of hydrogen-bond acceptors (Lipinski definition) is 3. The summed E-state index contributed by atoms with van der Waals surface area (Å²) in [5.41, 5.74) is 6.95. The van der Waals surface area contributed by atoms with Crippen LogP contribution < -0.4 is 5.73 Å². The van der Waals surface area contributed by atoms with Gasteiger partial charge in [-0.1, -0.05) is 39.0 Å². The fourth-order valence-electron chi connectivity index (χ4n) is 2.33. The van der Waals surface area contributed by atoms with Crippen LogP contribution in [0.2, 0.25) is 0 Å². The highest BCUT2D eigenvalue weighted by Crippen LogP contribution is 2.20. The molecule has 2 N–H and O–H groups in total. The molecule has 19 heavy (non-hydrogen) atoms. The number of nitrogens with two attached hydrogens (primary N) is 1. The SMILES string of the molecule is CCCS(=O)(=O)c1ccccc1CC(N)CC(C)C. The fraction of sp³-hybridized carbons (Fsp3) is 0.600. The molecule has 0 aliphatic carbocycles. The van der Waals surface area contributed by atoms with Gasteiger partial charge in [0, 0.05) is 6.04 Å². The van der Waals surface area contributed by atoms with E-state index in [0.29, 0.717) is 23.7 Å². The molecule has 3 nitrogen and oxygen atoms in total. The predicted molar refractivity (Wildman–Crippen MR) is 79.9 cm³/mol. The maximum Gasteiger partial charge on any atom is 0.178 e. The van der Waals surface area contributed by atoms with Crippen molar-refractivity contribution >= 4 is 9.84 Å². The van der Waals surface area contributed by atoms with Crippen molar-refractivity contribution in [2.45, 2.75) is 51.0 Å². The van der Waals surface area contributed by atoms with E-state index in [1.54, 1.807) is 12.1 Å².